The van der Waals surface area contributed by atoms with E-state index in [2.05, 4.69) is 23.7 Å². The average Bonchev–Trinajstić information content (AvgIpc) is 2.84. The Morgan fingerprint density at radius 3 is 2.16 bits per heavy atom. The third-order valence-corrected chi connectivity index (χ3v) is 5.03. The van der Waals surface area contributed by atoms with Crippen molar-refractivity contribution in [2.45, 2.75) is 25.4 Å². The first-order chi connectivity index (χ1) is 15.3. The van der Waals surface area contributed by atoms with E-state index in [4.69, 9.17) is 19.0 Å². The highest BCUT2D eigenvalue weighted by Crippen LogP contribution is 2.33. The minimum Gasteiger partial charge on any atom is -0.493 e. The standard InChI is InChI=1S/C26H27NO4/c1-28-26-16-22(12-14-25(26)30-18-21-10-6-3-7-11-21)24-15-13-23(27-31-24)19-29-17-20-8-4-2-5-9-20/h2-16,23-24,27H,17-19H2,1H3/t23-,24+/m1/s1. The maximum absolute atomic E-state index is 5.94. The number of benzene rings is 3. The van der Waals surface area contributed by atoms with Gasteiger partial charge in [-0.15, -0.1) is 0 Å². The molecule has 4 rings (SSSR count). The van der Waals surface area contributed by atoms with E-state index in [1.807, 2.05) is 72.8 Å². The summed E-state index contributed by atoms with van der Waals surface area (Å²) >= 11 is 0. The van der Waals surface area contributed by atoms with Gasteiger partial charge in [-0.05, 0) is 28.8 Å². The first-order valence-corrected chi connectivity index (χ1v) is 10.4. The molecule has 1 N–H and O–H groups in total. The van der Waals surface area contributed by atoms with Gasteiger partial charge in [-0.2, -0.15) is 5.48 Å². The molecule has 0 aromatic heterocycles. The third-order valence-electron chi connectivity index (χ3n) is 5.03. The molecule has 3 aromatic rings. The Hall–Kier alpha value is -3.12. The second-order valence-corrected chi connectivity index (χ2v) is 7.33. The molecule has 1 aliphatic heterocycles. The normalized spacial score (nSPS) is 18.0. The Morgan fingerprint density at radius 2 is 1.52 bits per heavy atom. The highest BCUT2D eigenvalue weighted by molar-refractivity contribution is 5.44. The van der Waals surface area contributed by atoms with Gasteiger partial charge in [-0.25, -0.2) is 0 Å². The van der Waals surface area contributed by atoms with Gasteiger partial charge in [-0.1, -0.05) is 78.9 Å². The zero-order chi connectivity index (χ0) is 21.3. The fourth-order valence-corrected chi connectivity index (χ4v) is 3.34. The van der Waals surface area contributed by atoms with E-state index in [-0.39, 0.29) is 12.1 Å². The molecule has 160 valence electrons. The van der Waals surface area contributed by atoms with Crippen molar-refractivity contribution in [1.82, 2.24) is 5.48 Å². The highest BCUT2D eigenvalue weighted by atomic mass is 16.7. The minimum absolute atomic E-state index is 0.00957. The second kappa shape index (κ2) is 10.8. The Bertz CT molecular complexity index is 975. The van der Waals surface area contributed by atoms with Crippen LogP contribution in [0.5, 0.6) is 11.5 Å². The van der Waals surface area contributed by atoms with Crippen LogP contribution in [0.3, 0.4) is 0 Å². The molecule has 0 bridgehead atoms. The number of hydrogen-bond donors (Lipinski definition) is 1. The van der Waals surface area contributed by atoms with Gasteiger partial charge in [0.25, 0.3) is 0 Å². The van der Waals surface area contributed by atoms with Crippen LogP contribution in [0.2, 0.25) is 0 Å². The highest BCUT2D eigenvalue weighted by Gasteiger charge is 2.19. The molecule has 31 heavy (non-hydrogen) atoms. The lowest BCUT2D eigenvalue weighted by Crippen LogP contribution is -2.36. The lowest BCUT2D eigenvalue weighted by atomic mass is 10.1. The van der Waals surface area contributed by atoms with Crippen LogP contribution < -0.4 is 15.0 Å². The zero-order valence-electron chi connectivity index (χ0n) is 17.6. The molecule has 0 aliphatic carbocycles. The number of ether oxygens (including phenoxy) is 3. The summed E-state index contributed by atoms with van der Waals surface area (Å²) < 4.78 is 17.3. The summed E-state index contributed by atoms with van der Waals surface area (Å²) in [6.07, 6.45) is 3.90. The fraction of sp³-hybridized carbons (Fsp3) is 0.231. The SMILES string of the molecule is COc1cc([C@@H]2C=C[C@H](COCc3ccccc3)NO2)ccc1OCc1ccccc1. The van der Waals surface area contributed by atoms with E-state index in [9.17, 15) is 0 Å². The van der Waals surface area contributed by atoms with Crippen molar-refractivity contribution in [2.75, 3.05) is 13.7 Å². The van der Waals surface area contributed by atoms with Crippen molar-refractivity contribution in [3.63, 3.8) is 0 Å². The number of hydroxylamine groups is 1. The summed E-state index contributed by atoms with van der Waals surface area (Å²) in [6, 6.07) is 26.1. The van der Waals surface area contributed by atoms with Crippen molar-refractivity contribution in [2.24, 2.45) is 0 Å². The quantitative estimate of drug-likeness (QED) is 0.497. The van der Waals surface area contributed by atoms with Crippen LogP contribution in [-0.2, 0) is 22.8 Å². The molecule has 0 spiro atoms. The molecule has 0 radical (unpaired) electrons. The van der Waals surface area contributed by atoms with Crippen LogP contribution in [0.15, 0.2) is 91.0 Å². The minimum atomic E-state index is -0.206. The first-order valence-electron chi connectivity index (χ1n) is 10.4. The van der Waals surface area contributed by atoms with E-state index < -0.39 is 0 Å². The van der Waals surface area contributed by atoms with Gasteiger partial charge in [-0.3, -0.25) is 4.84 Å². The summed E-state index contributed by atoms with van der Waals surface area (Å²) in [7, 11) is 1.64. The van der Waals surface area contributed by atoms with Gasteiger partial charge < -0.3 is 14.2 Å². The van der Waals surface area contributed by atoms with Crippen molar-refractivity contribution in [3.05, 3.63) is 108 Å². The van der Waals surface area contributed by atoms with E-state index in [1.54, 1.807) is 7.11 Å². The van der Waals surface area contributed by atoms with Gasteiger partial charge in [0, 0.05) is 0 Å². The third kappa shape index (κ3) is 5.95. The monoisotopic (exact) mass is 417 g/mol. The molecule has 1 heterocycles. The van der Waals surface area contributed by atoms with Crippen molar-refractivity contribution < 1.29 is 19.0 Å². The van der Waals surface area contributed by atoms with Crippen LogP contribution in [0, 0.1) is 0 Å². The molecule has 3 aromatic carbocycles. The van der Waals surface area contributed by atoms with Crippen LogP contribution in [-0.4, -0.2) is 19.8 Å². The van der Waals surface area contributed by atoms with Gasteiger partial charge in [0.05, 0.1) is 26.4 Å². The van der Waals surface area contributed by atoms with E-state index in [1.165, 1.54) is 0 Å². The number of hydrogen-bond acceptors (Lipinski definition) is 5. The maximum atomic E-state index is 5.94. The topological polar surface area (TPSA) is 49.0 Å². The molecular weight excluding hydrogens is 390 g/mol. The van der Waals surface area contributed by atoms with Crippen LogP contribution in [0.4, 0.5) is 0 Å². The Balaban J connectivity index is 1.31. The maximum Gasteiger partial charge on any atom is 0.161 e. The van der Waals surface area contributed by atoms with Crippen molar-refractivity contribution in [3.8, 4) is 11.5 Å². The smallest absolute Gasteiger partial charge is 0.161 e. The van der Waals surface area contributed by atoms with Gasteiger partial charge in [0.2, 0.25) is 0 Å². The van der Waals surface area contributed by atoms with Gasteiger partial charge >= 0.3 is 0 Å². The summed E-state index contributed by atoms with van der Waals surface area (Å²) in [5, 5.41) is 0. The number of nitrogens with one attached hydrogen (secondary N) is 1. The number of rotatable bonds is 9. The first kappa shape index (κ1) is 21.1. The molecule has 0 amide bonds. The lowest BCUT2D eigenvalue weighted by Gasteiger charge is -2.25. The number of methoxy groups -OCH3 is 1. The van der Waals surface area contributed by atoms with E-state index in [0.717, 1.165) is 16.7 Å². The summed E-state index contributed by atoms with van der Waals surface area (Å²) in [5.41, 5.74) is 6.32. The van der Waals surface area contributed by atoms with Crippen LogP contribution >= 0.6 is 0 Å². The summed E-state index contributed by atoms with van der Waals surface area (Å²) in [6.45, 7) is 1.61. The molecule has 0 saturated heterocycles. The molecule has 5 nitrogen and oxygen atoms in total. The zero-order valence-corrected chi connectivity index (χ0v) is 17.6. The largest absolute Gasteiger partial charge is 0.493 e. The molecule has 1 aliphatic rings. The lowest BCUT2D eigenvalue weighted by molar-refractivity contribution is -0.0431. The molecule has 0 fully saturated rings. The molecule has 2 atom stereocenters. The fourth-order valence-electron chi connectivity index (χ4n) is 3.34. The molecular formula is C26H27NO4. The summed E-state index contributed by atoms with van der Waals surface area (Å²) in [5.74, 6) is 1.38. The second-order valence-electron chi connectivity index (χ2n) is 7.33. The molecule has 5 heteroatoms. The van der Waals surface area contributed by atoms with Crippen LogP contribution in [0.1, 0.15) is 22.8 Å². The summed E-state index contributed by atoms with van der Waals surface area (Å²) in [4.78, 5) is 5.83. The molecule has 0 saturated carbocycles. The predicted molar refractivity (Wildman–Crippen MR) is 120 cm³/mol. The molecule has 0 unspecified atom stereocenters. The Kier molecular flexibility index (Phi) is 7.34. The van der Waals surface area contributed by atoms with Gasteiger partial charge in [0.1, 0.15) is 12.7 Å². The van der Waals surface area contributed by atoms with Gasteiger partial charge in [0.15, 0.2) is 11.5 Å². The Labute approximate surface area is 183 Å². The van der Waals surface area contributed by atoms with E-state index in [0.29, 0.717) is 31.3 Å². The van der Waals surface area contributed by atoms with Crippen molar-refractivity contribution >= 4 is 0 Å². The predicted octanol–water partition coefficient (Wildman–Crippen LogP) is 4.99. The van der Waals surface area contributed by atoms with E-state index >= 15 is 0 Å². The average molecular weight is 418 g/mol. The Morgan fingerprint density at radius 1 is 0.806 bits per heavy atom. The van der Waals surface area contributed by atoms with Crippen molar-refractivity contribution in [1.29, 1.82) is 0 Å². The van der Waals surface area contributed by atoms with Crippen LogP contribution in [0.25, 0.3) is 0 Å².